The Morgan fingerprint density at radius 3 is 2.10 bits per heavy atom. The molecule has 3 amide bonds. The van der Waals surface area contributed by atoms with Crippen molar-refractivity contribution in [3.05, 3.63) is 63.6 Å². The Morgan fingerprint density at radius 2 is 1.55 bits per heavy atom. The second kappa shape index (κ2) is 13.4. The largest absolute Gasteiger partial charge is 0.481 e. The number of nitrogens with one attached hydrogen (secondary N) is 2. The van der Waals surface area contributed by atoms with Gasteiger partial charge in [-0.05, 0) is 63.9 Å². The molecule has 0 bridgehead atoms. The Bertz CT molecular complexity index is 1360. The van der Waals surface area contributed by atoms with E-state index in [2.05, 4.69) is 10.6 Å². The van der Waals surface area contributed by atoms with Gasteiger partial charge in [0.1, 0.15) is 12.1 Å². The molecule has 1 saturated heterocycles. The van der Waals surface area contributed by atoms with Gasteiger partial charge in [0.15, 0.2) is 0 Å². The molecule has 0 aliphatic carbocycles. The summed E-state index contributed by atoms with van der Waals surface area (Å²) < 4.78 is -0.747. The molecule has 3 rings (SSSR count). The zero-order valence-electron chi connectivity index (χ0n) is 23.6. The summed E-state index contributed by atoms with van der Waals surface area (Å²) in [7, 11) is 0. The van der Waals surface area contributed by atoms with Gasteiger partial charge in [-0.3, -0.25) is 19.2 Å². The van der Waals surface area contributed by atoms with Gasteiger partial charge >= 0.3 is 11.9 Å². The second-order valence-electron chi connectivity index (χ2n) is 10.9. The van der Waals surface area contributed by atoms with Crippen molar-refractivity contribution in [1.82, 2.24) is 10.2 Å². The molecular weight excluding hydrogens is 605 g/mol. The van der Waals surface area contributed by atoms with Crippen molar-refractivity contribution in [2.24, 2.45) is 0 Å². The highest BCUT2D eigenvalue weighted by molar-refractivity contribution is 8.02. The van der Waals surface area contributed by atoms with Crippen LogP contribution in [0, 0.1) is 0 Å². The maximum Gasteiger partial charge on any atom is 0.326 e. The predicted molar refractivity (Wildman–Crippen MR) is 162 cm³/mol. The number of amides is 3. The Kier molecular flexibility index (Phi) is 10.6. The zero-order chi connectivity index (χ0) is 31.4. The van der Waals surface area contributed by atoms with E-state index in [1.807, 2.05) is 13.8 Å². The van der Waals surface area contributed by atoms with Gasteiger partial charge in [-0.25, -0.2) is 4.79 Å². The van der Waals surface area contributed by atoms with Crippen LogP contribution in [0.3, 0.4) is 0 Å². The summed E-state index contributed by atoms with van der Waals surface area (Å²) in [5.41, 5.74) is 1.14. The summed E-state index contributed by atoms with van der Waals surface area (Å²) in [6.07, 6.45) is -0.156. The highest BCUT2D eigenvalue weighted by Gasteiger charge is 2.56. The van der Waals surface area contributed by atoms with Crippen LogP contribution in [0.5, 0.6) is 0 Å². The van der Waals surface area contributed by atoms with Gasteiger partial charge in [-0.15, -0.1) is 11.8 Å². The van der Waals surface area contributed by atoms with E-state index in [4.69, 9.17) is 28.3 Å². The molecule has 226 valence electrons. The van der Waals surface area contributed by atoms with Crippen molar-refractivity contribution in [3.63, 3.8) is 0 Å². The molecular formula is C29H33Cl2N3O7S. The van der Waals surface area contributed by atoms with Crippen LogP contribution in [0.25, 0.3) is 0 Å². The molecule has 2 aromatic carbocycles. The lowest BCUT2D eigenvalue weighted by Gasteiger charge is -2.35. The summed E-state index contributed by atoms with van der Waals surface area (Å²) in [6.45, 7) is 7.23. The number of benzene rings is 2. The third-order valence-electron chi connectivity index (χ3n) is 6.76. The number of thioether (sulfide) groups is 1. The van der Waals surface area contributed by atoms with Crippen LogP contribution in [0.1, 0.15) is 62.9 Å². The van der Waals surface area contributed by atoms with Gasteiger partial charge in [0, 0.05) is 29.7 Å². The number of halogens is 2. The van der Waals surface area contributed by atoms with Gasteiger partial charge in [0.2, 0.25) is 11.8 Å². The molecule has 10 nitrogen and oxygen atoms in total. The second-order valence-corrected chi connectivity index (χ2v) is 14.0. The quantitative estimate of drug-likeness (QED) is 0.266. The fraction of sp³-hybridized carbons (Fsp3) is 0.414. The number of carbonyl (C=O) groups is 5. The molecule has 0 spiro atoms. The average molecular weight is 639 g/mol. The van der Waals surface area contributed by atoms with Gasteiger partial charge in [-0.1, -0.05) is 41.4 Å². The molecule has 4 N–H and O–H groups in total. The first kappa shape index (κ1) is 33.2. The van der Waals surface area contributed by atoms with Crippen molar-refractivity contribution in [2.45, 2.75) is 75.1 Å². The highest BCUT2D eigenvalue weighted by Crippen LogP contribution is 2.51. The molecule has 2 aromatic rings. The third-order valence-corrected chi connectivity index (χ3v) is 8.84. The molecule has 1 fully saturated rings. The fourth-order valence-corrected chi connectivity index (χ4v) is 7.56. The van der Waals surface area contributed by atoms with Crippen LogP contribution in [0.15, 0.2) is 42.5 Å². The molecule has 42 heavy (non-hydrogen) atoms. The van der Waals surface area contributed by atoms with E-state index in [0.29, 0.717) is 11.3 Å². The number of aliphatic carboxylic acids is 2. The lowest BCUT2D eigenvalue weighted by molar-refractivity contribution is -0.146. The number of anilines is 1. The first-order valence-corrected chi connectivity index (χ1v) is 14.7. The number of hydrogen-bond donors (Lipinski definition) is 4. The topological polar surface area (TPSA) is 153 Å². The first-order valence-electron chi connectivity index (χ1n) is 13.1. The summed E-state index contributed by atoms with van der Waals surface area (Å²) in [5.74, 6) is -3.76. The minimum Gasteiger partial charge on any atom is -0.481 e. The maximum absolute atomic E-state index is 13.6. The highest BCUT2D eigenvalue weighted by atomic mass is 35.5. The molecule has 0 unspecified atom stereocenters. The molecule has 1 heterocycles. The lowest BCUT2D eigenvalue weighted by atomic mass is 9.97. The van der Waals surface area contributed by atoms with E-state index in [1.165, 1.54) is 16.7 Å². The predicted octanol–water partition coefficient (Wildman–Crippen LogP) is 5.07. The van der Waals surface area contributed by atoms with Crippen molar-refractivity contribution in [1.29, 1.82) is 0 Å². The molecule has 0 aromatic heterocycles. The third kappa shape index (κ3) is 7.96. The number of carboxylic acids is 2. The van der Waals surface area contributed by atoms with Crippen molar-refractivity contribution in [2.75, 3.05) is 5.32 Å². The van der Waals surface area contributed by atoms with Crippen LogP contribution in [-0.2, 0) is 25.6 Å². The van der Waals surface area contributed by atoms with Crippen LogP contribution >= 0.6 is 35.0 Å². The zero-order valence-corrected chi connectivity index (χ0v) is 25.9. The van der Waals surface area contributed by atoms with Crippen molar-refractivity contribution >= 4 is 70.3 Å². The van der Waals surface area contributed by atoms with E-state index in [0.717, 1.165) is 0 Å². The Balaban J connectivity index is 1.73. The standard InChI is InChI=1S/C29H33Cl2N3O7S/c1-28(2)24(34(29(3,4)42-28)21(35)9-6-10-22(36)37)26(39)33-20(27(40)41)15-16-11-13-17(14-12-16)32-25(38)23-18(30)7-5-8-19(23)31/h5,7-8,11-14,20,24H,6,9-10,15H2,1-4H3,(H,32,38)(H,33,39)(H,36,37)(H,40,41)/t20-,24+/m0/s1. The fourth-order valence-electron chi connectivity index (χ4n) is 5.08. The van der Waals surface area contributed by atoms with E-state index in [-0.39, 0.29) is 47.2 Å². The van der Waals surface area contributed by atoms with Gasteiger partial charge in [0.25, 0.3) is 5.91 Å². The van der Waals surface area contributed by atoms with Gasteiger partial charge < -0.3 is 25.7 Å². The molecule has 0 saturated carbocycles. The summed E-state index contributed by atoms with van der Waals surface area (Å²) >= 11 is 13.6. The average Bonchev–Trinajstić information content (AvgIpc) is 3.07. The van der Waals surface area contributed by atoms with Crippen molar-refractivity contribution in [3.8, 4) is 0 Å². The Hall–Kier alpha value is -3.28. The first-order chi connectivity index (χ1) is 19.5. The molecule has 1 aliphatic rings. The minimum absolute atomic E-state index is 0.0515. The van der Waals surface area contributed by atoms with E-state index in [1.54, 1.807) is 56.3 Å². The summed E-state index contributed by atoms with van der Waals surface area (Å²) in [5, 5.41) is 24.5. The summed E-state index contributed by atoms with van der Waals surface area (Å²) in [6, 6.07) is 8.88. The number of nitrogens with zero attached hydrogens (tertiary/aromatic N) is 1. The SMILES string of the molecule is CC1(C)SC(C)(C)N(C(=O)CCCC(=O)O)[C@@H]1C(=O)N[C@@H](Cc1ccc(NC(=O)c2c(Cl)cccc2Cl)cc1)C(=O)O. The number of rotatable bonds is 11. The number of carboxylic acid groups (broad SMARTS) is 2. The van der Waals surface area contributed by atoms with Crippen LogP contribution in [-0.4, -0.2) is 66.5 Å². The van der Waals surface area contributed by atoms with Crippen molar-refractivity contribution < 1.29 is 34.2 Å². The van der Waals surface area contributed by atoms with Crippen LogP contribution < -0.4 is 10.6 Å². The smallest absolute Gasteiger partial charge is 0.326 e. The van der Waals surface area contributed by atoms with Crippen LogP contribution in [0.4, 0.5) is 5.69 Å². The monoisotopic (exact) mass is 637 g/mol. The minimum atomic E-state index is -1.30. The molecule has 2 atom stereocenters. The van der Waals surface area contributed by atoms with E-state index < -0.39 is 45.5 Å². The number of hydrogen-bond acceptors (Lipinski definition) is 6. The van der Waals surface area contributed by atoms with Gasteiger partial charge in [-0.2, -0.15) is 0 Å². The molecule has 1 aliphatic heterocycles. The lowest BCUT2D eigenvalue weighted by Crippen LogP contribution is -2.59. The normalized spacial score (nSPS) is 17.8. The van der Waals surface area contributed by atoms with Gasteiger partial charge in [0.05, 0.1) is 20.5 Å². The maximum atomic E-state index is 13.6. The Morgan fingerprint density at radius 1 is 0.952 bits per heavy atom. The summed E-state index contributed by atoms with van der Waals surface area (Å²) in [4.78, 5) is 63.1. The molecule has 13 heteroatoms. The Labute approximate surface area is 258 Å². The van der Waals surface area contributed by atoms with Crippen LogP contribution in [0.2, 0.25) is 10.0 Å². The number of carbonyl (C=O) groups excluding carboxylic acids is 3. The van der Waals surface area contributed by atoms with E-state index in [9.17, 15) is 29.1 Å². The van der Waals surface area contributed by atoms with E-state index >= 15 is 0 Å². The molecule has 0 radical (unpaired) electrons.